The van der Waals surface area contributed by atoms with Crippen LogP contribution in [0.1, 0.15) is 26.7 Å². The maximum absolute atomic E-state index is 10.5. The third-order valence-electron chi connectivity index (χ3n) is 2.49. The third kappa shape index (κ3) is 20.0. The minimum Gasteiger partial charge on any atom is -0.862 e. The van der Waals surface area contributed by atoms with Gasteiger partial charge in [-0.1, -0.05) is 0 Å². The Balaban J connectivity index is -0.000000372. The first-order valence-electron chi connectivity index (χ1n) is 7.05. The van der Waals surface area contributed by atoms with Crippen molar-refractivity contribution in [2.24, 2.45) is 4.99 Å². The van der Waals surface area contributed by atoms with Crippen LogP contribution in [0.3, 0.4) is 0 Å². The molecule has 0 unspecified atom stereocenters. The average molecular weight is 421 g/mol. The summed E-state index contributed by atoms with van der Waals surface area (Å²) < 4.78 is 0. The van der Waals surface area contributed by atoms with Gasteiger partial charge in [0.2, 0.25) is 5.91 Å². The van der Waals surface area contributed by atoms with Gasteiger partial charge in [-0.05, 0) is 49.7 Å². The van der Waals surface area contributed by atoms with Crippen LogP contribution in [0, 0.1) is 0 Å². The summed E-state index contributed by atoms with van der Waals surface area (Å²) >= 11 is 3.07. The van der Waals surface area contributed by atoms with Gasteiger partial charge in [0.1, 0.15) is 6.04 Å². The first-order valence-corrected chi connectivity index (χ1v) is 9.84. The molecule has 0 aromatic heterocycles. The van der Waals surface area contributed by atoms with Crippen LogP contribution in [0.15, 0.2) is 4.99 Å². The quantitative estimate of drug-likeness (QED) is 0.249. The van der Waals surface area contributed by atoms with Crippen LogP contribution in [0.4, 0.5) is 0 Å². The number of carboxylic acid groups (broad SMARTS) is 2. The number of carboxylic acids is 2. The summed E-state index contributed by atoms with van der Waals surface area (Å²) in [4.78, 5) is 34.8. The fraction of sp³-hybridized carbons (Fsp3) is 0.714. The molecule has 2 atom stereocenters. The van der Waals surface area contributed by atoms with Crippen molar-refractivity contribution in [2.45, 2.75) is 38.8 Å². The summed E-state index contributed by atoms with van der Waals surface area (Å²) in [7, 11) is 0. The van der Waals surface area contributed by atoms with Crippen molar-refractivity contribution in [1.29, 1.82) is 0 Å². The van der Waals surface area contributed by atoms with E-state index in [2.05, 4.69) is 10.3 Å². The summed E-state index contributed by atoms with van der Waals surface area (Å²) in [5.41, 5.74) is 0. The summed E-state index contributed by atoms with van der Waals surface area (Å²) in [6.07, 6.45) is 4.58. The molecular formula is C14H24CaN2O6S2. The molecule has 0 aliphatic heterocycles. The zero-order valence-electron chi connectivity index (χ0n) is 14.9. The van der Waals surface area contributed by atoms with Gasteiger partial charge in [0.25, 0.3) is 0 Å². The molecular weight excluding hydrogens is 396 g/mol. The van der Waals surface area contributed by atoms with Crippen molar-refractivity contribution in [2.75, 3.05) is 24.0 Å². The molecule has 0 aliphatic rings. The fourth-order valence-electron chi connectivity index (χ4n) is 1.42. The van der Waals surface area contributed by atoms with Gasteiger partial charge in [-0.3, -0.25) is 9.79 Å². The van der Waals surface area contributed by atoms with Crippen molar-refractivity contribution in [3.63, 3.8) is 0 Å². The largest absolute Gasteiger partial charge is 2.00 e. The number of aliphatic imine (C=N–C) groups is 1. The number of nitrogens with zero attached hydrogens (tertiary/aromatic N) is 1. The maximum atomic E-state index is 10.5. The molecule has 2 N–H and O–H groups in total. The maximum Gasteiger partial charge on any atom is 2.00 e. The molecule has 0 radical (unpaired) electrons. The van der Waals surface area contributed by atoms with E-state index in [1.807, 2.05) is 12.5 Å². The Morgan fingerprint density at radius 2 is 1.56 bits per heavy atom. The van der Waals surface area contributed by atoms with E-state index >= 15 is 0 Å². The number of hydrogen-bond donors (Lipinski definition) is 2. The van der Waals surface area contributed by atoms with Gasteiger partial charge in [0, 0.05) is 6.92 Å². The molecule has 0 spiro atoms. The number of thioether (sulfide) groups is 2. The predicted octanol–water partition coefficient (Wildman–Crippen LogP) is -1.42. The van der Waals surface area contributed by atoms with E-state index in [1.54, 1.807) is 11.8 Å². The normalized spacial score (nSPS) is 12.7. The molecule has 0 aliphatic carbocycles. The number of carbonyl (C=O) groups excluding carboxylic acids is 2. The van der Waals surface area contributed by atoms with Gasteiger partial charge < -0.3 is 25.4 Å². The SMILES string of the molecule is CSCC[C@@H](N=C(C)[O-])C(=O)[O-].CSCC[C@@H](NC(C)=O)C(=O)O.[Ca+2]. The molecule has 0 bridgehead atoms. The van der Waals surface area contributed by atoms with Crippen LogP contribution >= 0.6 is 23.5 Å². The van der Waals surface area contributed by atoms with Crippen LogP contribution in [-0.4, -0.2) is 103 Å². The Bertz CT molecular complexity index is 434. The molecule has 0 rings (SSSR count). The van der Waals surface area contributed by atoms with Gasteiger partial charge in [0.15, 0.2) is 0 Å². The number of aliphatic carboxylic acids is 2. The Morgan fingerprint density at radius 3 is 1.88 bits per heavy atom. The molecule has 0 aromatic rings. The molecule has 25 heavy (non-hydrogen) atoms. The fourth-order valence-corrected chi connectivity index (χ4v) is 2.35. The second-order valence-corrected chi connectivity index (χ2v) is 6.61. The second-order valence-electron chi connectivity index (χ2n) is 4.64. The second kappa shape index (κ2) is 18.6. The summed E-state index contributed by atoms with van der Waals surface area (Å²) in [6.45, 7) is 2.55. The average Bonchev–Trinajstić information content (AvgIpc) is 2.47. The smallest absolute Gasteiger partial charge is 0.862 e. The topological polar surface area (TPSA) is 142 Å². The number of nitrogens with one attached hydrogen (secondary N) is 1. The van der Waals surface area contributed by atoms with E-state index < -0.39 is 29.9 Å². The molecule has 1 amide bonds. The van der Waals surface area contributed by atoms with Crippen molar-refractivity contribution < 1.29 is 29.7 Å². The number of carbonyl (C=O) groups is 3. The van der Waals surface area contributed by atoms with E-state index in [0.29, 0.717) is 18.6 Å². The molecule has 140 valence electrons. The van der Waals surface area contributed by atoms with Crippen molar-refractivity contribution >= 4 is 85.0 Å². The zero-order valence-corrected chi connectivity index (χ0v) is 18.8. The minimum absolute atomic E-state index is 0. The monoisotopic (exact) mass is 420 g/mol. The van der Waals surface area contributed by atoms with Gasteiger partial charge in [-0.25, -0.2) is 4.79 Å². The predicted molar refractivity (Wildman–Crippen MR) is 98.9 cm³/mol. The van der Waals surface area contributed by atoms with Crippen molar-refractivity contribution in [1.82, 2.24) is 5.32 Å². The summed E-state index contributed by atoms with van der Waals surface area (Å²) in [5.74, 6) is -1.63. The van der Waals surface area contributed by atoms with Crippen LogP contribution in [0.2, 0.25) is 0 Å². The van der Waals surface area contributed by atoms with Crippen molar-refractivity contribution in [3.8, 4) is 0 Å². The van der Waals surface area contributed by atoms with E-state index in [1.165, 1.54) is 25.6 Å². The Labute approximate surface area is 186 Å². The van der Waals surface area contributed by atoms with Gasteiger partial charge in [-0.2, -0.15) is 23.5 Å². The molecule has 0 fully saturated rings. The van der Waals surface area contributed by atoms with Gasteiger partial charge >= 0.3 is 43.7 Å². The van der Waals surface area contributed by atoms with E-state index in [-0.39, 0.29) is 43.6 Å². The molecule has 0 aromatic carbocycles. The zero-order chi connectivity index (χ0) is 19.1. The standard InChI is InChI=1S/2C7H13NO3S.Ca/c2*1-5(9)8-6(7(10)11)3-4-12-2;/h2*6H,3-4H2,1-2H3,(H,8,9)(H,10,11);/q;;+2/p-2/t2*6-;/m11./s1. The van der Waals surface area contributed by atoms with E-state index in [9.17, 15) is 24.6 Å². The van der Waals surface area contributed by atoms with Crippen LogP contribution in [0.25, 0.3) is 0 Å². The number of amides is 1. The molecule has 8 nitrogen and oxygen atoms in total. The summed E-state index contributed by atoms with van der Waals surface area (Å²) in [6, 6.07) is -1.72. The first-order chi connectivity index (χ1) is 11.1. The van der Waals surface area contributed by atoms with Crippen LogP contribution in [0.5, 0.6) is 0 Å². The van der Waals surface area contributed by atoms with Crippen LogP contribution in [-0.2, 0) is 14.4 Å². The van der Waals surface area contributed by atoms with Crippen LogP contribution < -0.4 is 15.5 Å². The minimum atomic E-state index is -1.28. The Kier molecular flexibility index (Phi) is 22.1. The molecule has 0 saturated heterocycles. The van der Waals surface area contributed by atoms with Crippen molar-refractivity contribution in [3.05, 3.63) is 0 Å². The Morgan fingerprint density at radius 1 is 1.08 bits per heavy atom. The van der Waals surface area contributed by atoms with E-state index in [0.717, 1.165) is 5.75 Å². The molecule has 0 heterocycles. The van der Waals surface area contributed by atoms with E-state index in [4.69, 9.17) is 5.11 Å². The number of rotatable bonds is 10. The third-order valence-corrected chi connectivity index (χ3v) is 3.78. The first kappa shape index (κ1) is 29.6. The number of hydrogen-bond acceptors (Lipinski definition) is 8. The van der Waals surface area contributed by atoms with Gasteiger partial charge in [0.05, 0.1) is 12.0 Å². The Hall–Kier alpha value is -0.160. The van der Waals surface area contributed by atoms with Gasteiger partial charge in [-0.15, -0.1) is 0 Å². The molecule has 0 saturated carbocycles. The summed E-state index contributed by atoms with van der Waals surface area (Å²) in [5, 5.41) is 31.8. The molecule has 11 heteroatoms.